The largest absolute Gasteiger partial charge is 0.454 e. The van der Waals surface area contributed by atoms with Gasteiger partial charge in [-0.05, 0) is 42.2 Å². The van der Waals surface area contributed by atoms with E-state index < -0.39 is 0 Å². The first-order valence-corrected chi connectivity index (χ1v) is 6.43. The summed E-state index contributed by atoms with van der Waals surface area (Å²) in [6.45, 7) is 2.40. The van der Waals surface area contributed by atoms with Crippen LogP contribution in [0.25, 0.3) is 0 Å². The molecule has 3 rings (SSSR count). The molecule has 1 unspecified atom stereocenters. The lowest BCUT2D eigenvalue weighted by atomic mass is 9.96. The Morgan fingerprint density at radius 2 is 1.89 bits per heavy atom. The molecule has 1 aliphatic rings. The Kier molecular flexibility index (Phi) is 3.13. The zero-order valence-electron chi connectivity index (χ0n) is 10.9. The van der Waals surface area contributed by atoms with Gasteiger partial charge in [-0.3, -0.25) is 0 Å². The van der Waals surface area contributed by atoms with Crippen LogP contribution in [-0.2, 0) is 6.42 Å². The fourth-order valence-corrected chi connectivity index (χ4v) is 2.43. The normalized spacial score (nSPS) is 14.4. The number of ether oxygens (including phenoxy) is 2. The third kappa shape index (κ3) is 2.42. The molecule has 1 atom stereocenters. The van der Waals surface area contributed by atoms with E-state index in [4.69, 9.17) is 15.2 Å². The first-order valence-electron chi connectivity index (χ1n) is 6.43. The molecule has 0 spiro atoms. The number of benzene rings is 2. The van der Waals surface area contributed by atoms with Crippen molar-refractivity contribution in [1.82, 2.24) is 0 Å². The minimum absolute atomic E-state index is 0.00146. The quantitative estimate of drug-likeness (QED) is 0.917. The highest BCUT2D eigenvalue weighted by molar-refractivity contribution is 5.45. The number of fused-ring (bicyclic) bond motifs is 1. The number of hydrogen-bond donors (Lipinski definition) is 1. The Bertz CT molecular complexity index is 595. The summed E-state index contributed by atoms with van der Waals surface area (Å²) in [5, 5.41) is 0. The molecule has 98 valence electrons. The monoisotopic (exact) mass is 255 g/mol. The van der Waals surface area contributed by atoms with E-state index in [1.807, 2.05) is 30.3 Å². The van der Waals surface area contributed by atoms with Crippen LogP contribution in [0.1, 0.15) is 22.7 Å². The van der Waals surface area contributed by atoms with E-state index in [0.717, 1.165) is 17.9 Å². The van der Waals surface area contributed by atoms with Crippen molar-refractivity contribution in [3.8, 4) is 11.5 Å². The highest BCUT2D eigenvalue weighted by atomic mass is 16.7. The van der Waals surface area contributed by atoms with Crippen LogP contribution in [0.15, 0.2) is 42.5 Å². The van der Waals surface area contributed by atoms with Crippen molar-refractivity contribution in [2.45, 2.75) is 19.4 Å². The first-order chi connectivity index (χ1) is 9.24. The molecule has 0 aromatic heterocycles. The molecule has 0 aliphatic carbocycles. The Morgan fingerprint density at radius 3 is 2.74 bits per heavy atom. The minimum atomic E-state index is 0.00146. The molecule has 3 nitrogen and oxygen atoms in total. The van der Waals surface area contributed by atoms with Crippen molar-refractivity contribution in [1.29, 1.82) is 0 Å². The van der Waals surface area contributed by atoms with Gasteiger partial charge in [0.05, 0.1) is 0 Å². The lowest BCUT2D eigenvalue weighted by molar-refractivity contribution is 0.174. The SMILES string of the molecule is Cc1ccccc1C(N)Cc1ccc2c(c1)OCO2. The fourth-order valence-electron chi connectivity index (χ4n) is 2.43. The molecular formula is C16H17NO2. The highest BCUT2D eigenvalue weighted by Gasteiger charge is 2.15. The van der Waals surface area contributed by atoms with Gasteiger partial charge < -0.3 is 15.2 Å². The van der Waals surface area contributed by atoms with Gasteiger partial charge in [0.1, 0.15) is 0 Å². The molecule has 0 radical (unpaired) electrons. The van der Waals surface area contributed by atoms with Crippen molar-refractivity contribution >= 4 is 0 Å². The standard InChI is InChI=1S/C16H17NO2/c1-11-4-2-3-5-13(11)14(17)8-12-6-7-15-16(9-12)19-10-18-15/h2-7,9,14H,8,10,17H2,1H3. The van der Waals surface area contributed by atoms with Crippen molar-refractivity contribution < 1.29 is 9.47 Å². The topological polar surface area (TPSA) is 44.5 Å². The maximum Gasteiger partial charge on any atom is 0.231 e. The Balaban J connectivity index is 1.80. The highest BCUT2D eigenvalue weighted by Crippen LogP contribution is 2.33. The van der Waals surface area contributed by atoms with Crippen LogP contribution >= 0.6 is 0 Å². The number of nitrogens with two attached hydrogens (primary N) is 1. The van der Waals surface area contributed by atoms with Crippen molar-refractivity contribution in [3.63, 3.8) is 0 Å². The van der Waals surface area contributed by atoms with Gasteiger partial charge in [0, 0.05) is 6.04 Å². The molecule has 3 heteroatoms. The van der Waals surface area contributed by atoms with Gasteiger partial charge in [-0.2, -0.15) is 0 Å². The summed E-state index contributed by atoms with van der Waals surface area (Å²) in [4.78, 5) is 0. The van der Waals surface area contributed by atoms with E-state index in [-0.39, 0.29) is 6.04 Å². The third-order valence-corrected chi connectivity index (χ3v) is 3.48. The molecule has 2 aromatic carbocycles. The molecule has 1 aliphatic heterocycles. The maximum atomic E-state index is 6.30. The van der Waals surface area contributed by atoms with Crippen LogP contribution in [0, 0.1) is 6.92 Å². The predicted molar refractivity (Wildman–Crippen MR) is 74.4 cm³/mol. The van der Waals surface area contributed by atoms with Crippen molar-refractivity contribution in [3.05, 3.63) is 59.2 Å². The van der Waals surface area contributed by atoms with E-state index in [2.05, 4.69) is 19.1 Å². The van der Waals surface area contributed by atoms with E-state index in [9.17, 15) is 0 Å². The van der Waals surface area contributed by atoms with Gasteiger partial charge in [0.25, 0.3) is 0 Å². The van der Waals surface area contributed by atoms with Gasteiger partial charge in [0.2, 0.25) is 6.79 Å². The van der Waals surface area contributed by atoms with Crippen LogP contribution in [0.3, 0.4) is 0 Å². The summed E-state index contributed by atoms with van der Waals surface area (Å²) in [7, 11) is 0. The zero-order valence-corrected chi connectivity index (χ0v) is 10.9. The Hall–Kier alpha value is -2.00. The van der Waals surface area contributed by atoms with Crippen molar-refractivity contribution in [2.75, 3.05) is 6.79 Å². The molecule has 0 saturated carbocycles. The smallest absolute Gasteiger partial charge is 0.231 e. The lowest BCUT2D eigenvalue weighted by Gasteiger charge is -2.15. The number of aryl methyl sites for hydroxylation is 1. The fraction of sp³-hybridized carbons (Fsp3) is 0.250. The molecule has 0 saturated heterocycles. The molecule has 19 heavy (non-hydrogen) atoms. The summed E-state index contributed by atoms with van der Waals surface area (Å²) in [5.74, 6) is 1.63. The second-order valence-electron chi connectivity index (χ2n) is 4.85. The molecule has 2 aromatic rings. The zero-order chi connectivity index (χ0) is 13.2. The summed E-state index contributed by atoms with van der Waals surface area (Å²) in [6, 6.07) is 14.3. The van der Waals surface area contributed by atoms with Gasteiger partial charge in [-0.25, -0.2) is 0 Å². The second kappa shape index (κ2) is 4.94. The van der Waals surface area contributed by atoms with Gasteiger partial charge in [0.15, 0.2) is 11.5 Å². The summed E-state index contributed by atoms with van der Waals surface area (Å²) in [6.07, 6.45) is 0.793. The Morgan fingerprint density at radius 1 is 1.11 bits per heavy atom. The lowest BCUT2D eigenvalue weighted by Crippen LogP contribution is -2.14. The van der Waals surface area contributed by atoms with Crippen LogP contribution < -0.4 is 15.2 Å². The number of rotatable bonds is 3. The van der Waals surface area contributed by atoms with Gasteiger partial charge in [-0.15, -0.1) is 0 Å². The maximum absolute atomic E-state index is 6.30. The first kappa shape index (κ1) is 12.1. The third-order valence-electron chi connectivity index (χ3n) is 3.48. The van der Waals surface area contributed by atoms with Crippen LogP contribution in [0.4, 0.5) is 0 Å². The molecule has 1 heterocycles. The molecule has 0 amide bonds. The molecule has 0 fully saturated rings. The van der Waals surface area contributed by atoms with E-state index in [0.29, 0.717) is 6.79 Å². The van der Waals surface area contributed by atoms with Crippen LogP contribution in [-0.4, -0.2) is 6.79 Å². The van der Waals surface area contributed by atoms with Gasteiger partial charge in [-0.1, -0.05) is 30.3 Å². The van der Waals surface area contributed by atoms with Gasteiger partial charge >= 0.3 is 0 Å². The molecule has 0 bridgehead atoms. The summed E-state index contributed by atoms with van der Waals surface area (Å²) < 4.78 is 10.7. The van der Waals surface area contributed by atoms with E-state index >= 15 is 0 Å². The second-order valence-corrected chi connectivity index (χ2v) is 4.85. The average Bonchev–Trinajstić information content (AvgIpc) is 2.86. The number of hydrogen-bond acceptors (Lipinski definition) is 3. The van der Waals surface area contributed by atoms with E-state index in [1.165, 1.54) is 16.7 Å². The molecular weight excluding hydrogens is 238 g/mol. The predicted octanol–water partition coefficient (Wildman–Crippen LogP) is 2.97. The van der Waals surface area contributed by atoms with E-state index in [1.54, 1.807) is 0 Å². The Labute approximate surface area is 113 Å². The van der Waals surface area contributed by atoms with Crippen LogP contribution in [0.2, 0.25) is 0 Å². The summed E-state index contributed by atoms with van der Waals surface area (Å²) >= 11 is 0. The van der Waals surface area contributed by atoms with Crippen molar-refractivity contribution in [2.24, 2.45) is 5.73 Å². The average molecular weight is 255 g/mol. The minimum Gasteiger partial charge on any atom is -0.454 e. The van der Waals surface area contributed by atoms with Crippen LogP contribution in [0.5, 0.6) is 11.5 Å². The molecule has 2 N–H and O–H groups in total. The summed E-state index contributed by atoms with van der Waals surface area (Å²) in [5.41, 5.74) is 9.89.